The van der Waals surface area contributed by atoms with Crippen LogP contribution in [0.5, 0.6) is 0 Å². The molecule has 1 N–H and O–H groups in total. The summed E-state index contributed by atoms with van der Waals surface area (Å²) in [5.74, 6) is 0. The Labute approximate surface area is 57.0 Å². The molecule has 4 nitrogen and oxygen atoms in total. The predicted octanol–water partition coefficient (Wildman–Crippen LogP) is 0.270. The Morgan fingerprint density at radius 3 is 2.10 bits per heavy atom. The molecule has 10 heavy (non-hydrogen) atoms. The van der Waals surface area contributed by atoms with Crippen molar-refractivity contribution in [3.63, 3.8) is 0 Å². The van der Waals surface area contributed by atoms with Gasteiger partial charge in [-0.2, -0.15) is 0 Å². The molecule has 0 aromatic rings. The highest BCUT2D eigenvalue weighted by atomic mass is 31.2. The molecule has 1 saturated heterocycles. The van der Waals surface area contributed by atoms with E-state index in [1.54, 1.807) is 0 Å². The highest BCUT2D eigenvalue weighted by Crippen LogP contribution is 2.52. The molecule has 0 saturated carbocycles. The maximum atomic E-state index is 10.7. The van der Waals surface area contributed by atoms with Crippen molar-refractivity contribution in [1.29, 1.82) is 0 Å². The number of carbonyl (C=O) groups excluding carboxylic acids is 2. The molecule has 1 fully saturated rings. The Morgan fingerprint density at radius 1 is 1.50 bits per heavy atom. The number of rotatable bonds is 0. The molecule has 1 heterocycles. The van der Waals surface area contributed by atoms with Gasteiger partial charge in [0.15, 0.2) is 0 Å². The lowest BCUT2D eigenvalue weighted by atomic mass is 10.3. The lowest BCUT2D eigenvalue weighted by Gasteiger charge is -1.93. The van der Waals surface area contributed by atoms with E-state index in [1.165, 1.54) is 0 Å². The topological polar surface area (TPSA) is 71.4 Å². The fourth-order valence-corrected chi connectivity index (χ4v) is 1.83. The fraction of sp³-hybridized carbons (Fsp3) is 0.200. The standard InChI is InChI=1S/C5H5O4P/c1-3-2-4(6)10(8,9)5(3)7/h1-2H2,(H,8,9). The molecular formula is C5H5O4P. The van der Waals surface area contributed by atoms with Crippen molar-refractivity contribution in [2.75, 3.05) is 0 Å². The van der Waals surface area contributed by atoms with Gasteiger partial charge in [-0.05, 0) is 0 Å². The average Bonchev–Trinajstić information content (AvgIpc) is 1.97. The van der Waals surface area contributed by atoms with Crippen LogP contribution in [-0.4, -0.2) is 15.9 Å². The first-order chi connectivity index (χ1) is 4.46. The van der Waals surface area contributed by atoms with Crippen molar-refractivity contribution in [2.45, 2.75) is 6.42 Å². The van der Waals surface area contributed by atoms with Crippen molar-refractivity contribution >= 4 is 18.4 Å². The van der Waals surface area contributed by atoms with Crippen LogP contribution >= 0.6 is 7.37 Å². The molecule has 1 atom stereocenters. The molecule has 5 heteroatoms. The second-order valence-electron chi connectivity index (χ2n) is 2.06. The van der Waals surface area contributed by atoms with Gasteiger partial charge < -0.3 is 4.89 Å². The summed E-state index contributed by atoms with van der Waals surface area (Å²) in [6.07, 6.45) is -0.271. The first-order valence-electron chi connectivity index (χ1n) is 2.55. The van der Waals surface area contributed by atoms with Crippen molar-refractivity contribution in [3.05, 3.63) is 12.2 Å². The highest BCUT2D eigenvalue weighted by Gasteiger charge is 2.45. The van der Waals surface area contributed by atoms with Crippen molar-refractivity contribution < 1.29 is 19.0 Å². The summed E-state index contributed by atoms with van der Waals surface area (Å²) in [4.78, 5) is 29.8. The van der Waals surface area contributed by atoms with Crippen LogP contribution in [0.1, 0.15) is 6.42 Å². The smallest absolute Gasteiger partial charge is 0.332 e. The minimum absolute atomic E-state index is 0.0594. The normalized spacial score (nSPS) is 33.5. The van der Waals surface area contributed by atoms with Gasteiger partial charge in [-0.1, -0.05) is 6.58 Å². The summed E-state index contributed by atoms with van der Waals surface area (Å²) >= 11 is 0. The van der Waals surface area contributed by atoms with Crippen LogP contribution in [0.4, 0.5) is 0 Å². The van der Waals surface area contributed by atoms with E-state index in [9.17, 15) is 14.2 Å². The minimum Gasteiger partial charge on any atom is -0.334 e. The zero-order valence-corrected chi connectivity index (χ0v) is 5.93. The number of allylic oxidation sites excluding steroid dienone is 1. The fourth-order valence-electron chi connectivity index (χ4n) is 0.693. The van der Waals surface area contributed by atoms with Crippen LogP contribution < -0.4 is 0 Å². The first kappa shape index (κ1) is 7.38. The average molecular weight is 160 g/mol. The largest absolute Gasteiger partial charge is 0.334 e. The lowest BCUT2D eigenvalue weighted by Crippen LogP contribution is -1.94. The molecule has 0 amide bonds. The van der Waals surface area contributed by atoms with E-state index in [1.807, 2.05) is 0 Å². The van der Waals surface area contributed by atoms with E-state index >= 15 is 0 Å². The first-order valence-corrected chi connectivity index (χ1v) is 4.21. The van der Waals surface area contributed by atoms with E-state index in [2.05, 4.69) is 6.58 Å². The number of hydrogen-bond donors (Lipinski definition) is 1. The third-order valence-corrected chi connectivity index (χ3v) is 2.98. The van der Waals surface area contributed by atoms with E-state index in [-0.39, 0.29) is 12.0 Å². The Balaban J connectivity index is 3.21. The molecule has 0 aliphatic carbocycles. The Kier molecular flexibility index (Phi) is 1.38. The van der Waals surface area contributed by atoms with Gasteiger partial charge in [-0.25, -0.2) is 0 Å². The van der Waals surface area contributed by atoms with Crippen LogP contribution in [-0.2, 0) is 14.2 Å². The summed E-state index contributed by atoms with van der Waals surface area (Å²) in [5.41, 5.74) is -1.95. The Bertz CT molecular complexity index is 277. The summed E-state index contributed by atoms with van der Waals surface area (Å²) < 4.78 is 10.7. The molecule has 1 rings (SSSR count). The zero-order valence-electron chi connectivity index (χ0n) is 5.03. The van der Waals surface area contributed by atoms with E-state index in [4.69, 9.17) is 4.89 Å². The molecule has 0 aromatic carbocycles. The lowest BCUT2D eigenvalue weighted by molar-refractivity contribution is -0.111. The van der Waals surface area contributed by atoms with Crippen molar-refractivity contribution in [3.8, 4) is 0 Å². The van der Waals surface area contributed by atoms with E-state index < -0.39 is 18.4 Å². The SMILES string of the molecule is C=C1CC(=O)P(=O)(O)C1=O. The second-order valence-corrected chi connectivity index (χ2v) is 4.11. The minimum atomic E-state index is -4.16. The van der Waals surface area contributed by atoms with Gasteiger partial charge in [-0.15, -0.1) is 0 Å². The maximum Gasteiger partial charge on any atom is 0.332 e. The monoisotopic (exact) mass is 160 g/mol. The van der Waals surface area contributed by atoms with Gasteiger partial charge in [0.2, 0.25) is 11.0 Å². The van der Waals surface area contributed by atoms with Crippen molar-refractivity contribution in [1.82, 2.24) is 0 Å². The van der Waals surface area contributed by atoms with Gasteiger partial charge in [0.1, 0.15) is 0 Å². The van der Waals surface area contributed by atoms with Crippen LogP contribution in [0.15, 0.2) is 12.2 Å². The van der Waals surface area contributed by atoms with Crippen LogP contribution in [0.2, 0.25) is 0 Å². The molecular weight excluding hydrogens is 155 g/mol. The van der Waals surface area contributed by atoms with Gasteiger partial charge in [0.05, 0.1) is 0 Å². The van der Waals surface area contributed by atoms with Gasteiger partial charge in [-0.3, -0.25) is 14.2 Å². The van der Waals surface area contributed by atoms with E-state index in [0.717, 1.165) is 0 Å². The quantitative estimate of drug-likeness (QED) is 0.407. The summed E-state index contributed by atoms with van der Waals surface area (Å²) in [6.45, 7) is 3.18. The molecule has 1 aliphatic heterocycles. The van der Waals surface area contributed by atoms with Gasteiger partial charge >= 0.3 is 7.37 Å². The highest BCUT2D eigenvalue weighted by molar-refractivity contribution is 7.91. The third kappa shape index (κ3) is 0.770. The van der Waals surface area contributed by atoms with Gasteiger partial charge in [0, 0.05) is 12.0 Å². The van der Waals surface area contributed by atoms with E-state index in [0.29, 0.717) is 0 Å². The number of hydrogen-bond acceptors (Lipinski definition) is 3. The molecule has 0 bridgehead atoms. The maximum absolute atomic E-state index is 10.7. The molecule has 0 radical (unpaired) electrons. The summed E-state index contributed by atoms with van der Waals surface area (Å²) in [5, 5.41) is 0. The summed E-state index contributed by atoms with van der Waals surface area (Å²) in [7, 11) is -4.16. The number of carbonyl (C=O) groups is 2. The molecule has 1 unspecified atom stereocenters. The molecule has 0 aromatic heterocycles. The van der Waals surface area contributed by atoms with Gasteiger partial charge in [0.25, 0.3) is 0 Å². The molecule has 0 spiro atoms. The van der Waals surface area contributed by atoms with Crippen LogP contribution in [0, 0.1) is 0 Å². The molecule has 54 valence electrons. The molecule has 1 aliphatic rings. The second kappa shape index (κ2) is 1.87. The summed E-state index contributed by atoms with van der Waals surface area (Å²) in [6, 6.07) is 0. The van der Waals surface area contributed by atoms with Crippen molar-refractivity contribution in [2.24, 2.45) is 0 Å². The van der Waals surface area contributed by atoms with Crippen LogP contribution in [0.3, 0.4) is 0 Å². The Morgan fingerprint density at radius 2 is 2.00 bits per heavy atom. The predicted molar refractivity (Wildman–Crippen MR) is 33.6 cm³/mol. The van der Waals surface area contributed by atoms with Crippen LogP contribution in [0.25, 0.3) is 0 Å². The third-order valence-electron chi connectivity index (χ3n) is 1.28. The zero-order chi connectivity index (χ0) is 7.94. The Hall–Kier alpha value is -0.730.